The third-order valence-corrected chi connectivity index (χ3v) is 4.90. The molecule has 0 bridgehead atoms. The standard InChI is InChI=1S/C24H19BClNO/c1-16(2)23-24(28-20-6-4-3-5-7-20)21-14-19(26)12-13-22(21)27(23)15-17-8-10-18(25)11-9-17/h3-14H,1,15H2,2H3. The fraction of sp³-hybridized carbons (Fsp3) is 0.0833. The number of aromatic nitrogens is 1. The molecule has 0 amide bonds. The molecule has 4 heteroatoms. The summed E-state index contributed by atoms with van der Waals surface area (Å²) in [5.41, 5.74) is 4.83. The molecule has 0 saturated heterocycles. The van der Waals surface area contributed by atoms with E-state index < -0.39 is 0 Å². The van der Waals surface area contributed by atoms with E-state index >= 15 is 0 Å². The third kappa shape index (κ3) is 3.58. The fourth-order valence-electron chi connectivity index (χ4n) is 3.40. The Morgan fingerprint density at radius 3 is 2.43 bits per heavy atom. The van der Waals surface area contributed by atoms with Crippen LogP contribution in [0.5, 0.6) is 11.5 Å². The smallest absolute Gasteiger partial charge is 0.160 e. The molecule has 0 aliphatic carbocycles. The first-order valence-corrected chi connectivity index (χ1v) is 9.45. The molecule has 0 fully saturated rings. The SMILES string of the molecule is [B]c1ccc(Cn2c(C(=C)C)c(Oc3ccccc3)c3cc(Cl)ccc32)cc1. The highest BCUT2D eigenvalue weighted by Crippen LogP contribution is 2.41. The van der Waals surface area contributed by atoms with Crippen molar-refractivity contribution in [2.75, 3.05) is 0 Å². The van der Waals surface area contributed by atoms with Crippen LogP contribution in [0, 0.1) is 0 Å². The van der Waals surface area contributed by atoms with Gasteiger partial charge in [0.2, 0.25) is 0 Å². The molecule has 0 atom stereocenters. The number of hydrogen-bond donors (Lipinski definition) is 0. The molecule has 4 aromatic rings. The summed E-state index contributed by atoms with van der Waals surface area (Å²) in [7, 11) is 5.84. The van der Waals surface area contributed by atoms with Crippen LogP contribution in [0.2, 0.25) is 5.02 Å². The zero-order valence-electron chi connectivity index (χ0n) is 15.7. The van der Waals surface area contributed by atoms with E-state index in [0.717, 1.165) is 44.7 Å². The lowest BCUT2D eigenvalue weighted by molar-refractivity contribution is 0.484. The second kappa shape index (κ2) is 7.61. The largest absolute Gasteiger partial charge is 0.454 e. The van der Waals surface area contributed by atoms with Gasteiger partial charge in [-0.05, 0) is 48.4 Å². The van der Waals surface area contributed by atoms with Crippen LogP contribution < -0.4 is 10.2 Å². The summed E-state index contributed by atoms with van der Waals surface area (Å²) in [6.07, 6.45) is 0. The number of fused-ring (bicyclic) bond motifs is 1. The van der Waals surface area contributed by atoms with Gasteiger partial charge in [-0.15, -0.1) is 0 Å². The first-order chi connectivity index (χ1) is 13.5. The van der Waals surface area contributed by atoms with Crippen LogP contribution in [-0.2, 0) is 6.54 Å². The van der Waals surface area contributed by atoms with E-state index in [1.807, 2.05) is 79.7 Å². The molecule has 0 saturated carbocycles. The van der Waals surface area contributed by atoms with Crippen molar-refractivity contribution in [3.8, 4) is 11.5 Å². The van der Waals surface area contributed by atoms with E-state index in [0.29, 0.717) is 11.6 Å². The van der Waals surface area contributed by atoms with E-state index in [-0.39, 0.29) is 0 Å². The van der Waals surface area contributed by atoms with Crippen LogP contribution in [-0.4, -0.2) is 12.4 Å². The zero-order valence-corrected chi connectivity index (χ0v) is 16.4. The molecule has 1 aromatic heterocycles. The molecule has 0 spiro atoms. The van der Waals surface area contributed by atoms with Gasteiger partial charge < -0.3 is 9.30 Å². The van der Waals surface area contributed by atoms with Crippen molar-refractivity contribution in [3.05, 3.63) is 95.7 Å². The van der Waals surface area contributed by atoms with Crippen molar-refractivity contribution < 1.29 is 4.74 Å². The summed E-state index contributed by atoms with van der Waals surface area (Å²) in [4.78, 5) is 0. The number of para-hydroxylation sites is 1. The third-order valence-electron chi connectivity index (χ3n) is 4.67. The predicted molar refractivity (Wildman–Crippen MR) is 119 cm³/mol. The Morgan fingerprint density at radius 2 is 1.75 bits per heavy atom. The second-order valence-electron chi connectivity index (χ2n) is 6.86. The number of benzene rings is 3. The average Bonchev–Trinajstić information content (AvgIpc) is 2.97. The van der Waals surface area contributed by atoms with E-state index in [1.165, 1.54) is 0 Å². The Morgan fingerprint density at radius 1 is 1.04 bits per heavy atom. The van der Waals surface area contributed by atoms with E-state index in [4.69, 9.17) is 24.2 Å². The van der Waals surface area contributed by atoms with Crippen LogP contribution in [0.3, 0.4) is 0 Å². The average molecular weight is 384 g/mol. The molecule has 1 heterocycles. The topological polar surface area (TPSA) is 14.2 Å². The van der Waals surface area contributed by atoms with Gasteiger partial charge in [-0.1, -0.05) is 66.1 Å². The molecule has 0 aliphatic heterocycles. The van der Waals surface area contributed by atoms with E-state index in [9.17, 15) is 0 Å². The number of rotatable bonds is 5. The Kier molecular flexibility index (Phi) is 5.02. The molecular formula is C24H19BClNO. The van der Waals surface area contributed by atoms with Gasteiger partial charge in [0.25, 0.3) is 0 Å². The normalized spacial score (nSPS) is 10.9. The van der Waals surface area contributed by atoms with Crippen molar-refractivity contribution in [3.63, 3.8) is 0 Å². The summed E-state index contributed by atoms with van der Waals surface area (Å²) in [5, 5.41) is 1.63. The van der Waals surface area contributed by atoms with Gasteiger partial charge in [-0.3, -0.25) is 0 Å². The van der Waals surface area contributed by atoms with Gasteiger partial charge in [0.1, 0.15) is 13.6 Å². The number of halogens is 1. The van der Waals surface area contributed by atoms with Crippen LogP contribution in [0.15, 0.2) is 79.4 Å². The van der Waals surface area contributed by atoms with Gasteiger partial charge in [0.15, 0.2) is 5.75 Å². The maximum atomic E-state index is 6.32. The van der Waals surface area contributed by atoms with E-state index in [1.54, 1.807) is 0 Å². The predicted octanol–water partition coefficient (Wildman–Crippen LogP) is 5.96. The van der Waals surface area contributed by atoms with Gasteiger partial charge in [-0.25, -0.2) is 0 Å². The molecule has 136 valence electrons. The van der Waals surface area contributed by atoms with Gasteiger partial charge >= 0.3 is 0 Å². The van der Waals surface area contributed by atoms with Gasteiger partial charge in [0, 0.05) is 17.0 Å². The molecule has 0 unspecified atom stereocenters. The highest BCUT2D eigenvalue weighted by atomic mass is 35.5. The molecule has 3 aromatic carbocycles. The number of allylic oxidation sites excluding steroid dienone is 1. The van der Waals surface area contributed by atoms with Crippen LogP contribution >= 0.6 is 11.6 Å². The Hall–Kier alpha value is -2.91. The zero-order chi connectivity index (χ0) is 19.7. The summed E-state index contributed by atoms with van der Waals surface area (Å²) in [6, 6.07) is 23.5. The lowest BCUT2D eigenvalue weighted by Crippen LogP contribution is -2.06. The van der Waals surface area contributed by atoms with Crippen molar-refractivity contribution in [1.82, 2.24) is 4.57 Å². The number of hydrogen-bond acceptors (Lipinski definition) is 1. The van der Waals surface area contributed by atoms with Crippen LogP contribution in [0.25, 0.3) is 16.5 Å². The molecule has 0 aliphatic rings. The van der Waals surface area contributed by atoms with Gasteiger partial charge in [-0.2, -0.15) is 0 Å². The minimum atomic E-state index is 0.670. The Labute approximate surface area is 171 Å². The molecule has 0 N–H and O–H groups in total. The minimum Gasteiger partial charge on any atom is -0.454 e. The number of nitrogens with zero attached hydrogens (tertiary/aromatic N) is 1. The summed E-state index contributed by atoms with van der Waals surface area (Å²) >= 11 is 6.31. The first-order valence-electron chi connectivity index (χ1n) is 9.08. The molecular weight excluding hydrogens is 365 g/mol. The maximum absolute atomic E-state index is 6.32. The number of ether oxygens (including phenoxy) is 1. The quantitative estimate of drug-likeness (QED) is 0.388. The van der Waals surface area contributed by atoms with Gasteiger partial charge in [0.05, 0.1) is 11.2 Å². The molecule has 2 radical (unpaired) electrons. The minimum absolute atomic E-state index is 0.670. The molecule has 2 nitrogen and oxygen atoms in total. The highest BCUT2D eigenvalue weighted by Gasteiger charge is 2.20. The molecule has 28 heavy (non-hydrogen) atoms. The monoisotopic (exact) mass is 383 g/mol. The van der Waals surface area contributed by atoms with Crippen molar-refractivity contribution >= 4 is 41.4 Å². The summed E-state index contributed by atoms with van der Waals surface area (Å²) < 4.78 is 8.54. The Balaban J connectivity index is 1.91. The van der Waals surface area contributed by atoms with Crippen molar-refractivity contribution in [2.45, 2.75) is 13.5 Å². The Bertz CT molecular complexity index is 1150. The summed E-state index contributed by atoms with van der Waals surface area (Å²) in [6.45, 7) is 6.88. The fourth-order valence-corrected chi connectivity index (χ4v) is 3.57. The lowest BCUT2D eigenvalue weighted by Gasteiger charge is -2.13. The van der Waals surface area contributed by atoms with Crippen molar-refractivity contribution in [1.29, 1.82) is 0 Å². The van der Waals surface area contributed by atoms with Crippen molar-refractivity contribution in [2.24, 2.45) is 0 Å². The lowest BCUT2D eigenvalue weighted by atomic mass is 9.95. The molecule has 4 rings (SSSR count). The van der Waals surface area contributed by atoms with Crippen LogP contribution in [0.1, 0.15) is 18.2 Å². The first kappa shape index (κ1) is 18.5. The summed E-state index contributed by atoms with van der Waals surface area (Å²) in [5.74, 6) is 1.54. The maximum Gasteiger partial charge on any atom is 0.160 e. The van der Waals surface area contributed by atoms with E-state index in [2.05, 4.69) is 11.1 Å². The van der Waals surface area contributed by atoms with Crippen LogP contribution in [0.4, 0.5) is 0 Å². The second-order valence-corrected chi connectivity index (χ2v) is 7.30. The highest BCUT2D eigenvalue weighted by molar-refractivity contribution is 6.32.